The quantitative estimate of drug-likeness (QED) is 0.717. The Bertz CT molecular complexity index is 646. The molecule has 1 aromatic rings. The maximum Gasteiger partial charge on any atom is 0.310 e. The van der Waals surface area contributed by atoms with Crippen molar-refractivity contribution in [1.82, 2.24) is 9.80 Å². The third-order valence-electron chi connectivity index (χ3n) is 5.60. The van der Waals surface area contributed by atoms with Crippen LogP contribution in [0.4, 0.5) is 0 Å². The maximum atomic E-state index is 12.9. The maximum absolute atomic E-state index is 12.9. The molecule has 2 aliphatic rings. The molecule has 1 amide bonds. The summed E-state index contributed by atoms with van der Waals surface area (Å²) in [7, 11) is 1.66. The topological polar surface area (TPSA) is 59.1 Å². The second-order valence-electron chi connectivity index (χ2n) is 7.33. The van der Waals surface area contributed by atoms with Crippen LogP contribution in [0.25, 0.3) is 0 Å². The number of amides is 1. The van der Waals surface area contributed by atoms with Crippen LogP contribution in [0.15, 0.2) is 24.3 Å². The summed E-state index contributed by atoms with van der Waals surface area (Å²) in [6.45, 7) is 4.76. The van der Waals surface area contributed by atoms with Crippen LogP contribution in [0.5, 0.6) is 5.75 Å². The van der Waals surface area contributed by atoms with Crippen molar-refractivity contribution in [3.63, 3.8) is 0 Å². The Morgan fingerprint density at radius 3 is 2.56 bits per heavy atom. The zero-order chi connectivity index (χ0) is 19.2. The Hall–Kier alpha value is -2.08. The first-order chi connectivity index (χ1) is 13.1. The third kappa shape index (κ3) is 4.80. The average molecular weight is 374 g/mol. The van der Waals surface area contributed by atoms with Gasteiger partial charge in [-0.2, -0.15) is 0 Å². The van der Waals surface area contributed by atoms with E-state index in [1.54, 1.807) is 7.11 Å². The highest BCUT2D eigenvalue weighted by molar-refractivity contribution is 5.80. The molecule has 6 nitrogen and oxygen atoms in total. The van der Waals surface area contributed by atoms with Gasteiger partial charge in [-0.15, -0.1) is 0 Å². The highest BCUT2D eigenvalue weighted by Gasteiger charge is 2.32. The molecule has 27 heavy (non-hydrogen) atoms. The van der Waals surface area contributed by atoms with E-state index in [2.05, 4.69) is 17.0 Å². The Morgan fingerprint density at radius 1 is 1.11 bits per heavy atom. The number of hydrogen-bond donors (Lipinski definition) is 0. The summed E-state index contributed by atoms with van der Waals surface area (Å²) in [4.78, 5) is 29.0. The molecule has 0 N–H and O–H groups in total. The summed E-state index contributed by atoms with van der Waals surface area (Å²) in [5.74, 6) is 0.605. The monoisotopic (exact) mass is 374 g/mol. The van der Waals surface area contributed by atoms with Gasteiger partial charge in [-0.25, -0.2) is 0 Å². The van der Waals surface area contributed by atoms with Gasteiger partial charge in [0.25, 0.3) is 0 Å². The molecule has 0 radical (unpaired) electrons. The highest BCUT2D eigenvalue weighted by Crippen LogP contribution is 2.32. The SMILES string of the molecule is CCOC(=O)[C@H]1CCCN(C(=O)CN2CCC[C@H]2c2ccc(OC)cc2)C1. The summed E-state index contributed by atoms with van der Waals surface area (Å²) in [5, 5.41) is 0. The lowest BCUT2D eigenvalue weighted by Crippen LogP contribution is -2.46. The van der Waals surface area contributed by atoms with Crippen molar-refractivity contribution in [3.05, 3.63) is 29.8 Å². The van der Waals surface area contributed by atoms with Gasteiger partial charge >= 0.3 is 5.97 Å². The Balaban J connectivity index is 1.59. The van der Waals surface area contributed by atoms with Gasteiger partial charge in [-0.1, -0.05) is 12.1 Å². The van der Waals surface area contributed by atoms with E-state index in [0.29, 0.717) is 19.7 Å². The lowest BCUT2D eigenvalue weighted by Gasteiger charge is -2.33. The van der Waals surface area contributed by atoms with Crippen LogP contribution in [-0.4, -0.2) is 61.6 Å². The van der Waals surface area contributed by atoms with Crippen LogP contribution >= 0.6 is 0 Å². The van der Waals surface area contributed by atoms with Crippen LogP contribution in [0.1, 0.15) is 44.2 Å². The summed E-state index contributed by atoms with van der Waals surface area (Å²) in [6.07, 6.45) is 3.82. The molecule has 0 bridgehead atoms. The number of carbonyl (C=O) groups is 2. The molecule has 0 aliphatic carbocycles. The molecule has 1 aromatic carbocycles. The predicted molar refractivity (Wildman–Crippen MR) is 102 cm³/mol. The number of methoxy groups -OCH3 is 1. The van der Waals surface area contributed by atoms with Crippen molar-refractivity contribution < 1.29 is 19.1 Å². The van der Waals surface area contributed by atoms with E-state index in [9.17, 15) is 9.59 Å². The smallest absolute Gasteiger partial charge is 0.310 e. The second kappa shape index (κ2) is 9.22. The highest BCUT2D eigenvalue weighted by atomic mass is 16.5. The van der Waals surface area contributed by atoms with E-state index in [1.165, 1.54) is 5.56 Å². The lowest BCUT2D eigenvalue weighted by molar-refractivity contribution is -0.151. The Morgan fingerprint density at radius 2 is 1.85 bits per heavy atom. The largest absolute Gasteiger partial charge is 0.497 e. The van der Waals surface area contributed by atoms with Gasteiger partial charge < -0.3 is 14.4 Å². The number of hydrogen-bond acceptors (Lipinski definition) is 5. The molecule has 2 saturated heterocycles. The lowest BCUT2D eigenvalue weighted by atomic mass is 9.98. The number of piperidine rings is 1. The second-order valence-corrected chi connectivity index (χ2v) is 7.33. The summed E-state index contributed by atoms with van der Waals surface area (Å²) in [5.41, 5.74) is 1.23. The molecule has 2 aliphatic heterocycles. The number of rotatable bonds is 6. The van der Waals surface area contributed by atoms with E-state index in [0.717, 1.165) is 44.5 Å². The summed E-state index contributed by atoms with van der Waals surface area (Å²) < 4.78 is 10.4. The van der Waals surface area contributed by atoms with Crippen LogP contribution < -0.4 is 4.74 Å². The number of benzene rings is 1. The molecule has 148 valence electrons. The van der Waals surface area contributed by atoms with Crippen LogP contribution in [-0.2, 0) is 14.3 Å². The summed E-state index contributed by atoms with van der Waals surface area (Å²) in [6, 6.07) is 8.39. The molecule has 0 spiro atoms. The molecule has 2 atom stereocenters. The van der Waals surface area contributed by atoms with Crippen molar-refractivity contribution in [2.45, 2.75) is 38.6 Å². The predicted octanol–water partition coefficient (Wildman–Crippen LogP) is 2.63. The van der Waals surface area contributed by atoms with E-state index < -0.39 is 0 Å². The minimum atomic E-state index is -0.182. The molecule has 0 unspecified atom stereocenters. The van der Waals surface area contributed by atoms with Gasteiger partial charge in [0.1, 0.15) is 5.75 Å². The van der Waals surface area contributed by atoms with E-state index in [-0.39, 0.29) is 23.8 Å². The minimum Gasteiger partial charge on any atom is -0.497 e. The number of ether oxygens (including phenoxy) is 2. The molecule has 0 aromatic heterocycles. The molecular weight excluding hydrogens is 344 g/mol. The fourth-order valence-electron chi connectivity index (χ4n) is 4.15. The molecular formula is C21H30N2O4. The van der Waals surface area contributed by atoms with Gasteiger partial charge in [-0.05, 0) is 56.8 Å². The molecule has 2 heterocycles. The zero-order valence-electron chi connectivity index (χ0n) is 16.4. The van der Waals surface area contributed by atoms with Crippen molar-refractivity contribution in [2.75, 3.05) is 39.9 Å². The normalized spacial score (nSPS) is 23.3. The van der Waals surface area contributed by atoms with Crippen LogP contribution in [0.2, 0.25) is 0 Å². The standard InChI is InChI=1S/C21H30N2O4/c1-3-27-21(25)17-6-4-13-23(14-17)20(24)15-22-12-5-7-19(22)16-8-10-18(26-2)11-9-16/h8-11,17,19H,3-7,12-15H2,1-2H3/t17-,19-/m0/s1. The van der Waals surface area contributed by atoms with Crippen molar-refractivity contribution in [1.29, 1.82) is 0 Å². The number of esters is 1. The summed E-state index contributed by atoms with van der Waals surface area (Å²) >= 11 is 0. The number of likely N-dealkylation sites (tertiary alicyclic amines) is 2. The van der Waals surface area contributed by atoms with E-state index in [4.69, 9.17) is 9.47 Å². The van der Waals surface area contributed by atoms with Crippen molar-refractivity contribution in [3.8, 4) is 5.75 Å². The van der Waals surface area contributed by atoms with Gasteiger partial charge in [0, 0.05) is 19.1 Å². The molecule has 3 rings (SSSR count). The van der Waals surface area contributed by atoms with Crippen molar-refractivity contribution >= 4 is 11.9 Å². The van der Waals surface area contributed by atoms with Gasteiger partial charge in [0.05, 0.1) is 26.2 Å². The zero-order valence-corrected chi connectivity index (χ0v) is 16.4. The molecule has 2 fully saturated rings. The van der Waals surface area contributed by atoms with Crippen LogP contribution in [0, 0.1) is 5.92 Å². The van der Waals surface area contributed by atoms with Gasteiger partial charge in [0.2, 0.25) is 5.91 Å². The van der Waals surface area contributed by atoms with Gasteiger partial charge in [-0.3, -0.25) is 14.5 Å². The molecule has 6 heteroatoms. The number of nitrogens with zero attached hydrogens (tertiary/aromatic N) is 2. The Kier molecular flexibility index (Phi) is 6.72. The first-order valence-corrected chi connectivity index (χ1v) is 9.94. The fourth-order valence-corrected chi connectivity index (χ4v) is 4.15. The minimum absolute atomic E-state index is 0.115. The van der Waals surface area contributed by atoms with Crippen LogP contribution in [0.3, 0.4) is 0 Å². The molecule has 0 saturated carbocycles. The first-order valence-electron chi connectivity index (χ1n) is 9.94. The fraction of sp³-hybridized carbons (Fsp3) is 0.619. The van der Waals surface area contributed by atoms with E-state index >= 15 is 0 Å². The van der Waals surface area contributed by atoms with Gasteiger partial charge in [0.15, 0.2) is 0 Å². The first kappa shape index (κ1) is 19.7. The third-order valence-corrected chi connectivity index (χ3v) is 5.60. The van der Waals surface area contributed by atoms with E-state index in [1.807, 2.05) is 24.0 Å². The van der Waals surface area contributed by atoms with Crippen molar-refractivity contribution in [2.24, 2.45) is 5.92 Å². The Labute approximate surface area is 161 Å². The average Bonchev–Trinajstić information content (AvgIpc) is 3.16. The number of carbonyl (C=O) groups excluding carboxylic acids is 2.